The lowest BCUT2D eigenvalue weighted by Gasteiger charge is -2.10. The lowest BCUT2D eigenvalue weighted by Crippen LogP contribution is -2.30. The second kappa shape index (κ2) is 9.40. The minimum Gasteiger partial charge on any atom is -0.361 e. The molecule has 30 heavy (non-hydrogen) atoms. The van der Waals surface area contributed by atoms with Crippen molar-refractivity contribution < 1.29 is 23.0 Å². The predicted octanol–water partition coefficient (Wildman–Crippen LogP) is 3.25. The predicted molar refractivity (Wildman–Crippen MR) is 115 cm³/mol. The Morgan fingerprint density at radius 2 is 1.93 bits per heavy atom. The number of fused-ring (bicyclic) bond motifs is 1. The number of amides is 1. The molecular weight excluding hydrogens is 406 g/mol. The number of hydrogen-bond acceptors (Lipinski definition) is 6. The third kappa shape index (κ3) is 5.25. The number of anilines is 2. The number of carbonyl (C=O) groups excluding carboxylic acids is 1. The van der Waals surface area contributed by atoms with Gasteiger partial charge in [-0.25, -0.2) is 22.9 Å². The van der Waals surface area contributed by atoms with E-state index in [0.29, 0.717) is 30.0 Å². The average Bonchev–Trinajstić information content (AvgIpc) is 3.00. The molecule has 2 aromatic rings. The fourth-order valence-electron chi connectivity index (χ4n) is 2.96. The SMILES string of the molecule is CCOOCc1cccc(N/C=C2\C(=O)Nc3ccc(S(=O)(=O)NC(C)C)cc32)c1. The first-order chi connectivity index (χ1) is 14.3. The molecule has 1 amide bonds. The highest BCUT2D eigenvalue weighted by Crippen LogP contribution is 2.33. The molecule has 0 saturated heterocycles. The Morgan fingerprint density at radius 3 is 2.67 bits per heavy atom. The second-order valence-corrected chi connectivity index (χ2v) is 8.72. The number of benzene rings is 2. The van der Waals surface area contributed by atoms with Gasteiger partial charge in [0.1, 0.15) is 6.61 Å². The van der Waals surface area contributed by atoms with Crippen LogP contribution in [-0.4, -0.2) is 27.0 Å². The molecule has 3 rings (SSSR count). The van der Waals surface area contributed by atoms with E-state index in [2.05, 4.69) is 15.4 Å². The van der Waals surface area contributed by atoms with Gasteiger partial charge in [0.25, 0.3) is 5.91 Å². The van der Waals surface area contributed by atoms with Crippen molar-refractivity contribution in [2.75, 3.05) is 17.2 Å². The van der Waals surface area contributed by atoms with Crippen LogP contribution in [0.15, 0.2) is 53.6 Å². The lowest BCUT2D eigenvalue weighted by molar-refractivity contribution is -0.300. The standard InChI is InChI=1S/C21H25N3O5S/c1-4-28-29-13-15-6-5-7-16(10-15)22-12-19-18-11-17(30(26,27)24-14(2)3)8-9-20(18)23-21(19)25/h5-12,14,22,24H,4,13H2,1-3H3,(H,23,25)/b19-12-. The van der Waals surface area contributed by atoms with Crippen molar-refractivity contribution in [1.82, 2.24) is 4.72 Å². The number of carbonyl (C=O) groups is 1. The normalized spacial score (nSPS) is 14.8. The number of rotatable bonds is 9. The van der Waals surface area contributed by atoms with Crippen molar-refractivity contribution >= 4 is 32.9 Å². The quantitative estimate of drug-likeness (QED) is 0.244. The molecule has 0 fully saturated rings. The van der Waals surface area contributed by atoms with Crippen molar-refractivity contribution in [3.63, 3.8) is 0 Å². The molecular formula is C21H25N3O5S. The van der Waals surface area contributed by atoms with Crippen LogP contribution in [0.3, 0.4) is 0 Å². The fourth-order valence-corrected chi connectivity index (χ4v) is 4.23. The van der Waals surface area contributed by atoms with E-state index in [1.807, 2.05) is 31.2 Å². The van der Waals surface area contributed by atoms with E-state index in [4.69, 9.17) is 9.78 Å². The summed E-state index contributed by atoms with van der Waals surface area (Å²) in [5.74, 6) is -0.306. The summed E-state index contributed by atoms with van der Waals surface area (Å²) in [5, 5.41) is 5.84. The third-order valence-corrected chi connectivity index (χ3v) is 5.87. The van der Waals surface area contributed by atoms with Crippen LogP contribution in [0.1, 0.15) is 31.9 Å². The molecule has 2 aromatic carbocycles. The summed E-state index contributed by atoms with van der Waals surface area (Å²) >= 11 is 0. The Labute approximate surface area is 176 Å². The highest BCUT2D eigenvalue weighted by molar-refractivity contribution is 7.89. The van der Waals surface area contributed by atoms with Crippen molar-refractivity contribution in [2.45, 2.75) is 38.3 Å². The second-order valence-electron chi connectivity index (χ2n) is 7.01. The summed E-state index contributed by atoms with van der Waals surface area (Å²) in [6.07, 6.45) is 1.57. The Morgan fingerprint density at radius 1 is 1.13 bits per heavy atom. The number of nitrogens with one attached hydrogen (secondary N) is 3. The van der Waals surface area contributed by atoms with Crippen LogP contribution in [0.4, 0.5) is 11.4 Å². The van der Waals surface area contributed by atoms with Gasteiger partial charge in [0.2, 0.25) is 10.0 Å². The lowest BCUT2D eigenvalue weighted by atomic mass is 10.1. The van der Waals surface area contributed by atoms with E-state index in [-0.39, 0.29) is 16.8 Å². The maximum absolute atomic E-state index is 12.5. The van der Waals surface area contributed by atoms with E-state index in [1.54, 1.807) is 26.1 Å². The molecule has 0 saturated carbocycles. The summed E-state index contributed by atoms with van der Waals surface area (Å²) in [5.41, 5.74) is 3.09. The van der Waals surface area contributed by atoms with Gasteiger partial charge in [0.15, 0.2) is 0 Å². The zero-order valence-corrected chi connectivity index (χ0v) is 17.9. The first-order valence-corrected chi connectivity index (χ1v) is 11.1. The largest absolute Gasteiger partial charge is 0.361 e. The summed E-state index contributed by atoms with van der Waals surface area (Å²) in [6.45, 7) is 6.10. The zero-order valence-electron chi connectivity index (χ0n) is 17.1. The molecule has 8 nitrogen and oxygen atoms in total. The van der Waals surface area contributed by atoms with Gasteiger partial charge in [-0.3, -0.25) is 4.79 Å². The third-order valence-electron chi connectivity index (χ3n) is 4.21. The van der Waals surface area contributed by atoms with Crippen LogP contribution in [0.5, 0.6) is 0 Å². The van der Waals surface area contributed by atoms with Crippen LogP contribution >= 0.6 is 0 Å². The van der Waals surface area contributed by atoms with E-state index < -0.39 is 10.0 Å². The molecule has 0 spiro atoms. The summed E-state index contributed by atoms with van der Waals surface area (Å²) in [7, 11) is -3.67. The average molecular weight is 432 g/mol. The molecule has 1 aliphatic heterocycles. The molecule has 1 heterocycles. The van der Waals surface area contributed by atoms with Gasteiger partial charge in [0, 0.05) is 29.2 Å². The molecule has 3 N–H and O–H groups in total. The van der Waals surface area contributed by atoms with Gasteiger partial charge in [-0.15, -0.1) is 0 Å². The monoisotopic (exact) mass is 431 g/mol. The zero-order chi connectivity index (χ0) is 21.7. The van der Waals surface area contributed by atoms with Crippen LogP contribution in [0.25, 0.3) is 5.57 Å². The van der Waals surface area contributed by atoms with Crippen molar-refractivity contribution in [2.24, 2.45) is 0 Å². The van der Waals surface area contributed by atoms with E-state index >= 15 is 0 Å². The molecule has 0 radical (unpaired) electrons. The highest BCUT2D eigenvalue weighted by atomic mass is 32.2. The Hall–Kier alpha value is -2.72. The van der Waals surface area contributed by atoms with Crippen molar-refractivity contribution in [3.05, 3.63) is 59.8 Å². The summed E-state index contributed by atoms with van der Waals surface area (Å²) in [6, 6.07) is 11.8. The molecule has 0 unspecified atom stereocenters. The van der Waals surface area contributed by atoms with Crippen LogP contribution in [-0.2, 0) is 31.2 Å². The molecule has 160 valence electrons. The van der Waals surface area contributed by atoms with Crippen LogP contribution in [0.2, 0.25) is 0 Å². The Balaban J connectivity index is 1.83. The fraction of sp³-hybridized carbons (Fsp3) is 0.286. The molecule has 0 atom stereocenters. The van der Waals surface area contributed by atoms with Gasteiger partial charge in [-0.1, -0.05) is 12.1 Å². The number of hydrogen-bond donors (Lipinski definition) is 3. The van der Waals surface area contributed by atoms with Gasteiger partial charge in [-0.2, -0.15) is 0 Å². The van der Waals surface area contributed by atoms with E-state index in [9.17, 15) is 13.2 Å². The highest BCUT2D eigenvalue weighted by Gasteiger charge is 2.27. The minimum absolute atomic E-state index is 0.104. The van der Waals surface area contributed by atoms with Gasteiger partial charge >= 0.3 is 0 Å². The van der Waals surface area contributed by atoms with Crippen LogP contribution < -0.4 is 15.4 Å². The van der Waals surface area contributed by atoms with Crippen LogP contribution in [0, 0.1) is 0 Å². The molecule has 9 heteroatoms. The minimum atomic E-state index is -3.67. The van der Waals surface area contributed by atoms with Crippen molar-refractivity contribution in [3.8, 4) is 0 Å². The smallest absolute Gasteiger partial charge is 0.257 e. The molecule has 0 aromatic heterocycles. The van der Waals surface area contributed by atoms with Gasteiger partial charge in [0.05, 0.1) is 17.1 Å². The van der Waals surface area contributed by atoms with E-state index in [1.165, 1.54) is 12.1 Å². The maximum Gasteiger partial charge on any atom is 0.257 e. The first-order valence-electron chi connectivity index (χ1n) is 9.58. The Kier molecular flexibility index (Phi) is 6.88. The molecule has 0 bridgehead atoms. The van der Waals surface area contributed by atoms with Gasteiger partial charge in [-0.05, 0) is 56.7 Å². The Bertz CT molecular complexity index is 1060. The molecule has 1 aliphatic rings. The number of sulfonamides is 1. The van der Waals surface area contributed by atoms with E-state index in [0.717, 1.165) is 11.3 Å². The summed E-state index contributed by atoms with van der Waals surface area (Å²) < 4.78 is 27.5. The first kappa shape index (κ1) is 22.0. The maximum atomic E-state index is 12.5. The topological polar surface area (TPSA) is 106 Å². The summed E-state index contributed by atoms with van der Waals surface area (Å²) in [4.78, 5) is 22.5. The van der Waals surface area contributed by atoms with Crippen molar-refractivity contribution in [1.29, 1.82) is 0 Å². The van der Waals surface area contributed by atoms with Gasteiger partial charge < -0.3 is 10.6 Å². The molecule has 0 aliphatic carbocycles.